The molecule has 1 saturated heterocycles. The zero-order chi connectivity index (χ0) is 27.4. The highest BCUT2D eigenvalue weighted by Crippen LogP contribution is 2.39. The van der Waals surface area contributed by atoms with E-state index in [-0.39, 0.29) is 21.5 Å². The molecule has 2 unspecified atom stereocenters. The first-order valence-corrected chi connectivity index (χ1v) is 13.4. The van der Waals surface area contributed by atoms with Crippen LogP contribution in [0.2, 0.25) is 10.0 Å². The quantitative estimate of drug-likeness (QED) is 0.360. The van der Waals surface area contributed by atoms with Gasteiger partial charge in [-0.05, 0) is 69.2 Å². The van der Waals surface area contributed by atoms with Crippen molar-refractivity contribution in [1.82, 2.24) is 9.47 Å². The molecular weight excluding hydrogens is 527 g/mol. The van der Waals surface area contributed by atoms with Gasteiger partial charge in [-0.15, -0.1) is 0 Å². The third-order valence-corrected chi connectivity index (χ3v) is 7.65. The van der Waals surface area contributed by atoms with E-state index in [2.05, 4.69) is 18.4 Å². The maximum atomic E-state index is 13.0. The molecule has 1 aliphatic rings. The molecule has 0 radical (unpaired) electrons. The fourth-order valence-corrected chi connectivity index (χ4v) is 5.22. The van der Waals surface area contributed by atoms with E-state index < -0.39 is 12.2 Å². The molecule has 0 saturated carbocycles. The Morgan fingerprint density at radius 1 is 1.08 bits per heavy atom. The Labute approximate surface area is 233 Å². The van der Waals surface area contributed by atoms with E-state index in [0.717, 1.165) is 23.4 Å². The molecule has 38 heavy (non-hydrogen) atoms. The summed E-state index contributed by atoms with van der Waals surface area (Å²) in [7, 11) is 1.65. The number of aliphatic hydroxyl groups excluding tert-OH is 1. The van der Waals surface area contributed by atoms with Gasteiger partial charge in [0.05, 0.1) is 42.7 Å². The SMILES string of the molecule is COc1ccc(CC(C)(C)n2cccc2C(Oc2ccc(C(=O)N3CCOCC3)c(Cl)c2Cl)C(C)O)cc1. The molecule has 2 atom stereocenters. The fourth-order valence-electron chi connectivity index (χ4n) is 4.77. The molecule has 2 heterocycles. The van der Waals surface area contributed by atoms with E-state index in [1.54, 1.807) is 31.1 Å². The van der Waals surface area contributed by atoms with Gasteiger partial charge in [-0.2, -0.15) is 0 Å². The van der Waals surface area contributed by atoms with Gasteiger partial charge in [0.2, 0.25) is 0 Å². The number of hydrogen-bond donors (Lipinski definition) is 1. The van der Waals surface area contributed by atoms with Crippen LogP contribution in [0.25, 0.3) is 0 Å². The van der Waals surface area contributed by atoms with E-state index >= 15 is 0 Å². The number of hydrogen-bond acceptors (Lipinski definition) is 5. The van der Waals surface area contributed by atoms with E-state index in [9.17, 15) is 9.90 Å². The molecule has 1 aromatic heterocycles. The average molecular weight is 562 g/mol. The minimum absolute atomic E-state index is 0.125. The van der Waals surface area contributed by atoms with Crippen molar-refractivity contribution in [1.29, 1.82) is 0 Å². The van der Waals surface area contributed by atoms with Crippen LogP contribution in [0, 0.1) is 0 Å². The fraction of sp³-hybridized carbons (Fsp3) is 0.414. The van der Waals surface area contributed by atoms with Crippen LogP contribution < -0.4 is 9.47 Å². The van der Waals surface area contributed by atoms with E-state index in [0.29, 0.717) is 37.6 Å². The van der Waals surface area contributed by atoms with Gasteiger partial charge in [-0.25, -0.2) is 0 Å². The van der Waals surface area contributed by atoms with Crippen LogP contribution in [-0.4, -0.2) is 60.0 Å². The van der Waals surface area contributed by atoms with Gasteiger partial charge < -0.3 is 28.8 Å². The van der Waals surface area contributed by atoms with E-state index in [4.69, 9.17) is 37.4 Å². The molecule has 7 nitrogen and oxygen atoms in total. The first-order valence-electron chi connectivity index (χ1n) is 12.6. The second-order valence-corrected chi connectivity index (χ2v) is 10.8. The number of rotatable bonds is 9. The minimum atomic E-state index is -0.857. The van der Waals surface area contributed by atoms with E-state index in [1.165, 1.54) is 0 Å². The summed E-state index contributed by atoms with van der Waals surface area (Å²) in [5.74, 6) is 0.902. The molecule has 2 aromatic carbocycles. The summed E-state index contributed by atoms with van der Waals surface area (Å²) in [5, 5.41) is 11.0. The van der Waals surface area contributed by atoms with Gasteiger partial charge in [0.1, 0.15) is 16.5 Å². The second-order valence-electron chi connectivity index (χ2n) is 10.1. The van der Waals surface area contributed by atoms with Crippen molar-refractivity contribution in [2.45, 2.75) is 44.9 Å². The van der Waals surface area contributed by atoms with Crippen molar-refractivity contribution >= 4 is 29.1 Å². The van der Waals surface area contributed by atoms with E-state index in [1.807, 2.05) is 42.6 Å². The number of aromatic nitrogens is 1. The Bertz CT molecular complexity index is 1250. The second kappa shape index (κ2) is 12.0. The standard InChI is InChI=1S/C29H34Cl2N2O5/c1-19(34)27(23-6-5-13-33(23)29(2,3)18-20-7-9-21(36-4)10-8-20)38-24-12-11-22(25(30)26(24)31)28(35)32-14-16-37-17-15-32/h5-13,19,27,34H,14-18H2,1-4H3. The monoisotopic (exact) mass is 560 g/mol. The maximum absolute atomic E-state index is 13.0. The zero-order valence-corrected chi connectivity index (χ0v) is 23.6. The van der Waals surface area contributed by atoms with Crippen LogP contribution in [-0.2, 0) is 16.7 Å². The Morgan fingerprint density at radius 2 is 1.76 bits per heavy atom. The predicted octanol–water partition coefficient (Wildman–Crippen LogP) is 5.75. The smallest absolute Gasteiger partial charge is 0.255 e. The van der Waals surface area contributed by atoms with Crippen LogP contribution in [0.4, 0.5) is 0 Å². The summed E-state index contributed by atoms with van der Waals surface area (Å²) in [6, 6.07) is 15.1. The summed E-state index contributed by atoms with van der Waals surface area (Å²) in [4.78, 5) is 14.7. The number of amides is 1. The normalized spacial score (nSPS) is 15.7. The number of nitrogens with zero attached hydrogens (tertiary/aromatic N) is 2. The Morgan fingerprint density at radius 3 is 2.39 bits per heavy atom. The number of carbonyl (C=O) groups is 1. The Hall–Kier alpha value is -2.71. The largest absolute Gasteiger partial charge is 0.497 e. The number of carbonyl (C=O) groups excluding carboxylic acids is 1. The zero-order valence-electron chi connectivity index (χ0n) is 22.1. The lowest BCUT2D eigenvalue weighted by Gasteiger charge is -2.33. The highest BCUT2D eigenvalue weighted by molar-refractivity contribution is 6.44. The summed E-state index contributed by atoms with van der Waals surface area (Å²) in [5.41, 5.74) is 1.92. The summed E-state index contributed by atoms with van der Waals surface area (Å²) >= 11 is 13.2. The van der Waals surface area contributed by atoms with Gasteiger partial charge in [-0.3, -0.25) is 4.79 Å². The minimum Gasteiger partial charge on any atom is -0.497 e. The number of halogens is 2. The number of methoxy groups -OCH3 is 1. The lowest BCUT2D eigenvalue weighted by molar-refractivity contribution is 0.0302. The van der Waals surface area contributed by atoms with Gasteiger partial charge in [0, 0.05) is 24.8 Å². The molecule has 0 bridgehead atoms. The lowest BCUT2D eigenvalue weighted by atomic mass is 9.93. The van der Waals surface area contributed by atoms with Crippen LogP contribution in [0.3, 0.4) is 0 Å². The molecule has 9 heteroatoms. The number of benzene rings is 2. The van der Waals surface area contributed by atoms with Gasteiger partial charge in [0.25, 0.3) is 5.91 Å². The van der Waals surface area contributed by atoms with Crippen molar-refractivity contribution in [2.24, 2.45) is 0 Å². The molecule has 1 fully saturated rings. The highest BCUT2D eigenvalue weighted by Gasteiger charge is 2.31. The molecule has 1 N–H and O–H groups in total. The molecule has 204 valence electrons. The highest BCUT2D eigenvalue weighted by atomic mass is 35.5. The summed E-state index contributed by atoms with van der Waals surface area (Å²) < 4.78 is 19.0. The Balaban J connectivity index is 1.58. The van der Waals surface area contributed by atoms with Gasteiger partial charge >= 0.3 is 0 Å². The van der Waals surface area contributed by atoms with Crippen molar-refractivity contribution in [3.05, 3.63) is 81.6 Å². The molecule has 1 aliphatic heterocycles. The molecule has 1 amide bonds. The first-order chi connectivity index (χ1) is 18.1. The molecular formula is C29H34Cl2N2O5. The van der Waals surface area contributed by atoms with Crippen molar-refractivity contribution in [3.63, 3.8) is 0 Å². The van der Waals surface area contributed by atoms with Crippen molar-refractivity contribution in [2.75, 3.05) is 33.4 Å². The molecule has 3 aromatic rings. The predicted molar refractivity (Wildman–Crippen MR) is 149 cm³/mol. The summed E-state index contributed by atoms with van der Waals surface area (Å²) in [6.07, 6.45) is 1.14. The number of ether oxygens (including phenoxy) is 3. The molecule has 0 aliphatic carbocycles. The third-order valence-electron chi connectivity index (χ3n) is 6.79. The van der Waals surface area contributed by atoms with Crippen LogP contribution in [0.5, 0.6) is 11.5 Å². The molecule has 0 spiro atoms. The van der Waals surface area contributed by atoms with Crippen LogP contribution in [0.15, 0.2) is 54.7 Å². The summed E-state index contributed by atoms with van der Waals surface area (Å²) in [6.45, 7) is 7.91. The lowest BCUT2D eigenvalue weighted by Crippen LogP contribution is -2.40. The van der Waals surface area contributed by atoms with Gasteiger partial charge in [-0.1, -0.05) is 35.3 Å². The van der Waals surface area contributed by atoms with Crippen LogP contribution >= 0.6 is 23.2 Å². The number of aliphatic hydroxyl groups is 1. The van der Waals surface area contributed by atoms with Crippen molar-refractivity contribution < 1.29 is 24.1 Å². The first kappa shape index (κ1) is 28.3. The Kier molecular flexibility index (Phi) is 8.93. The average Bonchev–Trinajstić information content (AvgIpc) is 3.40. The molecule has 4 rings (SSSR count). The van der Waals surface area contributed by atoms with Crippen LogP contribution in [0.1, 0.15) is 48.5 Å². The topological polar surface area (TPSA) is 73.2 Å². The maximum Gasteiger partial charge on any atom is 0.255 e. The third kappa shape index (κ3) is 6.12. The van der Waals surface area contributed by atoms with Gasteiger partial charge in [0.15, 0.2) is 6.10 Å². The number of morpholine rings is 1. The van der Waals surface area contributed by atoms with Crippen molar-refractivity contribution in [3.8, 4) is 11.5 Å².